The molecule has 0 radical (unpaired) electrons. The van der Waals surface area contributed by atoms with E-state index in [9.17, 15) is 9.59 Å². The number of nitrogens with zero attached hydrogens (tertiary/aromatic N) is 2. The number of nitrogens with two attached hydrogens (primary N) is 1. The third kappa shape index (κ3) is 4.09. The van der Waals surface area contributed by atoms with Crippen LogP contribution >= 0.6 is 0 Å². The van der Waals surface area contributed by atoms with Gasteiger partial charge in [-0.25, -0.2) is 0 Å². The zero-order chi connectivity index (χ0) is 20.1. The molecule has 0 saturated heterocycles. The van der Waals surface area contributed by atoms with Gasteiger partial charge in [-0.2, -0.15) is 15.4 Å². The van der Waals surface area contributed by atoms with E-state index in [1.165, 1.54) is 7.11 Å². The fraction of sp³-hybridized carbons (Fsp3) is 0.158. The molecule has 2 amide bonds. The van der Waals surface area contributed by atoms with E-state index >= 15 is 0 Å². The molecule has 0 unspecified atom stereocenters. The number of ether oxygens (including phenoxy) is 2. The Kier molecular flexibility index (Phi) is 5.54. The highest BCUT2D eigenvalue weighted by Crippen LogP contribution is 2.32. The van der Waals surface area contributed by atoms with E-state index in [0.717, 1.165) is 11.3 Å². The molecule has 28 heavy (non-hydrogen) atoms. The maximum absolute atomic E-state index is 12.2. The highest BCUT2D eigenvalue weighted by atomic mass is 16.5. The van der Waals surface area contributed by atoms with E-state index in [1.807, 2.05) is 31.2 Å². The number of hydrogen-bond acceptors (Lipinski definition) is 6. The monoisotopic (exact) mass is 381 g/mol. The van der Waals surface area contributed by atoms with Crippen LogP contribution < -0.4 is 20.5 Å². The number of carbonyl (C=O) groups excluding carboxylic acids is 2. The van der Waals surface area contributed by atoms with E-state index in [0.29, 0.717) is 22.8 Å². The van der Waals surface area contributed by atoms with Crippen LogP contribution in [0, 0.1) is 6.92 Å². The van der Waals surface area contributed by atoms with Gasteiger partial charge < -0.3 is 20.5 Å². The molecule has 0 aliphatic carbocycles. The minimum atomic E-state index is -0.698. The van der Waals surface area contributed by atoms with E-state index in [2.05, 4.69) is 20.7 Å². The SMILES string of the molecule is COc1cc(-c2n[nH]nc2C(N)=O)ccc1OCC(=O)Nc1ccccc1C. The quantitative estimate of drug-likeness (QED) is 0.573. The summed E-state index contributed by atoms with van der Waals surface area (Å²) >= 11 is 0. The second kappa shape index (κ2) is 8.21. The maximum atomic E-state index is 12.2. The molecule has 0 atom stereocenters. The fourth-order valence-electron chi connectivity index (χ4n) is 2.58. The molecule has 0 fully saturated rings. The molecule has 2 aromatic carbocycles. The number of aromatic amines is 1. The summed E-state index contributed by atoms with van der Waals surface area (Å²) < 4.78 is 10.9. The summed E-state index contributed by atoms with van der Waals surface area (Å²) in [6.45, 7) is 1.71. The Hall–Kier alpha value is -3.88. The molecular formula is C19H19N5O4. The summed E-state index contributed by atoms with van der Waals surface area (Å²) in [5.41, 5.74) is 7.86. The van der Waals surface area contributed by atoms with Gasteiger partial charge in [-0.3, -0.25) is 9.59 Å². The second-order valence-electron chi connectivity index (χ2n) is 5.90. The van der Waals surface area contributed by atoms with Gasteiger partial charge in [0.15, 0.2) is 23.8 Å². The van der Waals surface area contributed by atoms with Crippen molar-refractivity contribution in [2.45, 2.75) is 6.92 Å². The average molecular weight is 381 g/mol. The summed E-state index contributed by atoms with van der Waals surface area (Å²) in [5.74, 6) is -0.251. The predicted molar refractivity (Wildman–Crippen MR) is 102 cm³/mol. The summed E-state index contributed by atoms with van der Waals surface area (Å²) in [6, 6.07) is 12.4. The van der Waals surface area contributed by atoms with Gasteiger partial charge in [-0.1, -0.05) is 18.2 Å². The van der Waals surface area contributed by atoms with Crippen LogP contribution in [0.2, 0.25) is 0 Å². The van der Waals surface area contributed by atoms with Gasteiger partial charge in [-0.15, -0.1) is 0 Å². The molecule has 3 rings (SSSR count). The lowest BCUT2D eigenvalue weighted by atomic mass is 10.1. The minimum absolute atomic E-state index is 0.0216. The highest BCUT2D eigenvalue weighted by molar-refractivity contribution is 5.96. The second-order valence-corrected chi connectivity index (χ2v) is 5.90. The van der Waals surface area contributed by atoms with Gasteiger partial charge >= 0.3 is 0 Å². The number of anilines is 1. The van der Waals surface area contributed by atoms with E-state index < -0.39 is 5.91 Å². The number of H-pyrrole nitrogens is 1. The Balaban J connectivity index is 1.72. The molecule has 4 N–H and O–H groups in total. The standard InChI is InChI=1S/C19H19N5O4/c1-11-5-3-4-6-13(11)21-16(25)10-28-14-8-7-12(9-15(14)27-2)17-18(19(20)26)23-24-22-17/h3-9H,10H2,1-2H3,(H2,20,26)(H,21,25)(H,22,23,24). The van der Waals surface area contributed by atoms with Gasteiger partial charge in [-0.05, 0) is 36.8 Å². The van der Waals surface area contributed by atoms with Crippen molar-refractivity contribution in [1.29, 1.82) is 0 Å². The van der Waals surface area contributed by atoms with E-state index in [4.69, 9.17) is 15.2 Å². The van der Waals surface area contributed by atoms with Crippen molar-refractivity contribution in [1.82, 2.24) is 15.4 Å². The number of nitrogens with one attached hydrogen (secondary N) is 2. The molecule has 0 aliphatic rings. The molecule has 1 aromatic heterocycles. The maximum Gasteiger partial charge on any atom is 0.271 e. The zero-order valence-corrected chi connectivity index (χ0v) is 15.4. The highest BCUT2D eigenvalue weighted by Gasteiger charge is 2.17. The number of primary amides is 1. The summed E-state index contributed by atoms with van der Waals surface area (Å²) in [4.78, 5) is 23.6. The van der Waals surface area contributed by atoms with Crippen LogP contribution in [0.5, 0.6) is 11.5 Å². The van der Waals surface area contributed by atoms with Crippen molar-refractivity contribution in [3.8, 4) is 22.8 Å². The van der Waals surface area contributed by atoms with Crippen molar-refractivity contribution >= 4 is 17.5 Å². The number of rotatable bonds is 7. The van der Waals surface area contributed by atoms with Crippen LogP contribution in [0.1, 0.15) is 16.1 Å². The minimum Gasteiger partial charge on any atom is -0.493 e. The van der Waals surface area contributed by atoms with Crippen LogP contribution in [0.25, 0.3) is 11.3 Å². The topological polar surface area (TPSA) is 132 Å². The Morgan fingerprint density at radius 1 is 1.14 bits per heavy atom. The first-order valence-electron chi connectivity index (χ1n) is 8.37. The lowest BCUT2D eigenvalue weighted by Gasteiger charge is -2.12. The molecule has 9 heteroatoms. The van der Waals surface area contributed by atoms with Crippen LogP contribution in [0.4, 0.5) is 5.69 Å². The molecule has 3 aromatic rings. The van der Waals surface area contributed by atoms with Gasteiger partial charge in [0.2, 0.25) is 0 Å². The lowest BCUT2D eigenvalue weighted by Crippen LogP contribution is -2.20. The first-order valence-corrected chi connectivity index (χ1v) is 8.37. The number of benzene rings is 2. The number of hydrogen-bond donors (Lipinski definition) is 3. The van der Waals surface area contributed by atoms with Crippen molar-refractivity contribution in [2.24, 2.45) is 5.73 Å². The van der Waals surface area contributed by atoms with E-state index in [-0.39, 0.29) is 18.2 Å². The van der Waals surface area contributed by atoms with Gasteiger partial charge in [0.25, 0.3) is 11.8 Å². The summed E-state index contributed by atoms with van der Waals surface area (Å²) in [5, 5.41) is 12.9. The smallest absolute Gasteiger partial charge is 0.271 e. The van der Waals surface area contributed by atoms with Crippen LogP contribution in [0.3, 0.4) is 0 Å². The Labute approximate surface area is 160 Å². The number of aromatic nitrogens is 3. The fourth-order valence-corrected chi connectivity index (χ4v) is 2.58. The normalized spacial score (nSPS) is 10.4. The molecule has 0 spiro atoms. The molecule has 0 bridgehead atoms. The Morgan fingerprint density at radius 2 is 1.93 bits per heavy atom. The van der Waals surface area contributed by atoms with Crippen LogP contribution in [-0.4, -0.2) is 40.9 Å². The van der Waals surface area contributed by atoms with Crippen LogP contribution in [0.15, 0.2) is 42.5 Å². The van der Waals surface area contributed by atoms with Gasteiger partial charge in [0.1, 0.15) is 5.69 Å². The molecular weight excluding hydrogens is 362 g/mol. The molecule has 0 aliphatic heterocycles. The molecule has 9 nitrogen and oxygen atoms in total. The average Bonchev–Trinajstić information content (AvgIpc) is 3.18. The third-order valence-corrected chi connectivity index (χ3v) is 4.00. The van der Waals surface area contributed by atoms with E-state index in [1.54, 1.807) is 18.2 Å². The Bertz CT molecular complexity index is 1020. The largest absolute Gasteiger partial charge is 0.493 e. The molecule has 144 valence electrons. The number of aryl methyl sites for hydroxylation is 1. The van der Waals surface area contributed by atoms with Crippen molar-refractivity contribution < 1.29 is 19.1 Å². The van der Waals surface area contributed by atoms with Crippen molar-refractivity contribution in [3.05, 3.63) is 53.7 Å². The Morgan fingerprint density at radius 3 is 2.64 bits per heavy atom. The van der Waals surface area contributed by atoms with Crippen molar-refractivity contribution in [3.63, 3.8) is 0 Å². The van der Waals surface area contributed by atoms with Crippen LogP contribution in [-0.2, 0) is 4.79 Å². The first kappa shape index (κ1) is 18.9. The van der Waals surface area contributed by atoms with Crippen molar-refractivity contribution in [2.75, 3.05) is 19.0 Å². The predicted octanol–water partition coefficient (Wildman–Crippen LogP) is 1.91. The third-order valence-electron chi connectivity index (χ3n) is 4.00. The summed E-state index contributed by atoms with van der Waals surface area (Å²) in [7, 11) is 1.47. The number of carbonyl (C=O) groups is 2. The van der Waals surface area contributed by atoms with Gasteiger partial charge in [0.05, 0.1) is 7.11 Å². The summed E-state index contributed by atoms with van der Waals surface area (Å²) in [6.07, 6.45) is 0. The number of para-hydroxylation sites is 1. The number of methoxy groups -OCH3 is 1. The number of amides is 2. The first-order chi connectivity index (χ1) is 13.5. The zero-order valence-electron chi connectivity index (χ0n) is 15.4. The molecule has 1 heterocycles. The van der Waals surface area contributed by atoms with Gasteiger partial charge in [0, 0.05) is 11.3 Å². The lowest BCUT2D eigenvalue weighted by molar-refractivity contribution is -0.118. The molecule has 0 saturated carbocycles.